The summed E-state index contributed by atoms with van der Waals surface area (Å²) in [6.45, 7) is 1.18. The molecule has 0 amide bonds. The third-order valence-electron chi connectivity index (χ3n) is 3.55. The summed E-state index contributed by atoms with van der Waals surface area (Å²) in [6.07, 6.45) is 0. The molecule has 0 fully saturated rings. The van der Waals surface area contributed by atoms with Gasteiger partial charge in [0, 0.05) is 19.2 Å². The van der Waals surface area contributed by atoms with Crippen molar-refractivity contribution in [3.8, 4) is 0 Å². The molecule has 0 bridgehead atoms. The van der Waals surface area contributed by atoms with Gasteiger partial charge >= 0.3 is 0 Å². The molecule has 1 aromatic heterocycles. The van der Waals surface area contributed by atoms with Crippen LogP contribution in [0.4, 0.5) is 11.8 Å². The maximum atomic E-state index is 9.41. The number of anilines is 2. The Morgan fingerprint density at radius 3 is 1.92 bits per heavy atom. The molecule has 3 aromatic rings. The average molecular weight is 320 g/mol. The first-order valence-electron chi connectivity index (χ1n) is 7.88. The van der Waals surface area contributed by atoms with Crippen molar-refractivity contribution < 1.29 is 5.11 Å². The van der Waals surface area contributed by atoms with E-state index in [1.165, 1.54) is 5.56 Å². The van der Waals surface area contributed by atoms with Crippen molar-refractivity contribution in [1.82, 2.24) is 9.97 Å². The molecule has 0 aliphatic heterocycles. The van der Waals surface area contributed by atoms with Gasteiger partial charge < -0.3 is 15.7 Å². The number of nitrogens with zero attached hydrogens (tertiary/aromatic N) is 2. The predicted octanol–water partition coefficient (Wildman–Crippen LogP) is 3.19. The molecule has 1 heterocycles. The Labute approximate surface area is 141 Å². The molecule has 5 nitrogen and oxygen atoms in total. The van der Waals surface area contributed by atoms with Crippen LogP contribution in [0.15, 0.2) is 66.7 Å². The third kappa shape index (κ3) is 4.54. The van der Waals surface area contributed by atoms with Gasteiger partial charge in [-0.1, -0.05) is 60.7 Å². The van der Waals surface area contributed by atoms with E-state index < -0.39 is 0 Å². The van der Waals surface area contributed by atoms with Crippen LogP contribution in [-0.4, -0.2) is 15.1 Å². The number of aromatic nitrogens is 2. The van der Waals surface area contributed by atoms with Crippen LogP contribution < -0.4 is 10.6 Å². The van der Waals surface area contributed by atoms with Crippen LogP contribution in [0.1, 0.15) is 16.8 Å². The molecule has 3 rings (SSSR count). The van der Waals surface area contributed by atoms with Gasteiger partial charge in [-0.25, -0.2) is 4.98 Å². The van der Waals surface area contributed by atoms with Crippen molar-refractivity contribution in [1.29, 1.82) is 0 Å². The van der Waals surface area contributed by atoms with E-state index in [2.05, 4.69) is 32.7 Å². The lowest BCUT2D eigenvalue weighted by atomic mass is 10.2. The summed E-state index contributed by atoms with van der Waals surface area (Å²) in [4.78, 5) is 8.78. The average Bonchev–Trinajstić information content (AvgIpc) is 2.66. The Hall–Kier alpha value is -2.92. The first-order valence-corrected chi connectivity index (χ1v) is 7.88. The fourth-order valence-corrected chi connectivity index (χ4v) is 2.31. The second-order valence-corrected chi connectivity index (χ2v) is 5.40. The molecule has 24 heavy (non-hydrogen) atoms. The van der Waals surface area contributed by atoms with Crippen molar-refractivity contribution in [2.75, 3.05) is 10.6 Å². The fraction of sp³-hybridized carbons (Fsp3) is 0.158. The second kappa shape index (κ2) is 8.08. The summed E-state index contributed by atoms with van der Waals surface area (Å²) in [5.74, 6) is 1.19. The summed E-state index contributed by atoms with van der Waals surface area (Å²) >= 11 is 0. The minimum Gasteiger partial charge on any atom is -0.390 e. The quantitative estimate of drug-likeness (QED) is 0.624. The number of rotatable bonds is 7. The summed E-state index contributed by atoms with van der Waals surface area (Å²) in [5.41, 5.74) is 2.89. The van der Waals surface area contributed by atoms with Crippen molar-refractivity contribution >= 4 is 11.8 Å². The number of nitrogens with one attached hydrogen (secondary N) is 2. The van der Waals surface area contributed by atoms with Gasteiger partial charge in [0.25, 0.3) is 0 Å². The maximum absolute atomic E-state index is 9.41. The molecule has 0 radical (unpaired) electrons. The van der Waals surface area contributed by atoms with Gasteiger partial charge in [-0.15, -0.1) is 0 Å². The van der Waals surface area contributed by atoms with Gasteiger partial charge in [0.2, 0.25) is 5.95 Å². The molecule has 0 unspecified atom stereocenters. The lowest BCUT2D eigenvalue weighted by Crippen LogP contribution is -2.09. The number of aliphatic hydroxyl groups is 1. The minimum atomic E-state index is -0.122. The second-order valence-electron chi connectivity index (χ2n) is 5.40. The molecule has 0 atom stereocenters. The number of aliphatic hydroxyl groups excluding tert-OH is 1. The van der Waals surface area contributed by atoms with Gasteiger partial charge in [-0.05, 0) is 11.1 Å². The lowest BCUT2D eigenvalue weighted by Gasteiger charge is -2.11. The van der Waals surface area contributed by atoms with Crippen LogP contribution >= 0.6 is 0 Å². The van der Waals surface area contributed by atoms with E-state index in [0.717, 1.165) is 5.56 Å². The lowest BCUT2D eigenvalue weighted by molar-refractivity contribution is 0.277. The Bertz CT molecular complexity index is 701. The van der Waals surface area contributed by atoms with Crippen molar-refractivity contribution in [2.24, 2.45) is 0 Å². The number of hydrogen-bond acceptors (Lipinski definition) is 5. The molecule has 0 aliphatic rings. The van der Waals surface area contributed by atoms with E-state index in [1.54, 1.807) is 6.07 Å². The van der Waals surface area contributed by atoms with Gasteiger partial charge in [-0.2, -0.15) is 4.98 Å². The van der Waals surface area contributed by atoms with E-state index in [0.29, 0.717) is 30.5 Å². The molecule has 3 N–H and O–H groups in total. The standard InChI is InChI=1S/C19H20N4O/c24-14-17-11-18(20-12-15-7-3-1-4-8-15)23-19(22-17)21-13-16-9-5-2-6-10-16/h1-11,24H,12-14H2,(H2,20,21,22,23). The monoisotopic (exact) mass is 320 g/mol. The first kappa shape index (κ1) is 16.0. The zero-order valence-corrected chi connectivity index (χ0v) is 13.3. The topological polar surface area (TPSA) is 70.1 Å². The SMILES string of the molecule is OCc1cc(NCc2ccccc2)nc(NCc2ccccc2)n1. The molecule has 5 heteroatoms. The highest BCUT2D eigenvalue weighted by atomic mass is 16.3. The van der Waals surface area contributed by atoms with E-state index in [-0.39, 0.29) is 6.61 Å². The van der Waals surface area contributed by atoms with Crippen LogP contribution in [-0.2, 0) is 19.7 Å². The summed E-state index contributed by atoms with van der Waals surface area (Å²) < 4.78 is 0. The van der Waals surface area contributed by atoms with Gasteiger partial charge in [0.1, 0.15) is 5.82 Å². The smallest absolute Gasteiger partial charge is 0.225 e. The van der Waals surface area contributed by atoms with Crippen LogP contribution in [0, 0.1) is 0 Å². The molecule has 0 saturated carbocycles. The van der Waals surface area contributed by atoms with E-state index in [4.69, 9.17) is 0 Å². The van der Waals surface area contributed by atoms with E-state index in [9.17, 15) is 5.11 Å². The van der Waals surface area contributed by atoms with Crippen molar-refractivity contribution in [3.63, 3.8) is 0 Å². The normalized spacial score (nSPS) is 10.4. The molecule has 0 saturated heterocycles. The molecular formula is C19H20N4O. The van der Waals surface area contributed by atoms with Gasteiger partial charge in [-0.3, -0.25) is 0 Å². The summed E-state index contributed by atoms with van der Waals surface area (Å²) in [6, 6.07) is 21.9. The highest BCUT2D eigenvalue weighted by Gasteiger charge is 2.04. The highest BCUT2D eigenvalue weighted by Crippen LogP contribution is 2.13. The van der Waals surface area contributed by atoms with Crippen LogP contribution in [0.5, 0.6) is 0 Å². The third-order valence-corrected chi connectivity index (χ3v) is 3.55. The molecular weight excluding hydrogens is 300 g/mol. The zero-order valence-electron chi connectivity index (χ0n) is 13.3. The maximum Gasteiger partial charge on any atom is 0.225 e. The first-order chi connectivity index (χ1) is 11.8. The zero-order chi connectivity index (χ0) is 16.6. The van der Waals surface area contributed by atoms with Gasteiger partial charge in [0.05, 0.1) is 12.3 Å². The Morgan fingerprint density at radius 2 is 1.33 bits per heavy atom. The van der Waals surface area contributed by atoms with Crippen LogP contribution in [0.25, 0.3) is 0 Å². The molecule has 0 aliphatic carbocycles. The number of benzene rings is 2. The van der Waals surface area contributed by atoms with Gasteiger partial charge in [0.15, 0.2) is 0 Å². The highest BCUT2D eigenvalue weighted by molar-refractivity contribution is 5.43. The molecule has 0 spiro atoms. The van der Waals surface area contributed by atoms with E-state index >= 15 is 0 Å². The number of hydrogen-bond donors (Lipinski definition) is 3. The van der Waals surface area contributed by atoms with Crippen LogP contribution in [0.3, 0.4) is 0 Å². The summed E-state index contributed by atoms with van der Waals surface area (Å²) in [5, 5.41) is 15.9. The Kier molecular flexibility index (Phi) is 5.37. The minimum absolute atomic E-state index is 0.122. The Balaban J connectivity index is 1.68. The van der Waals surface area contributed by atoms with Crippen LogP contribution in [0.2, 0.25) is 0 Å². The van der Waals surface area contributed by atoms with E-state index in [1.807, 2.05) is 48.5 Å². The Morgan fingerprint density at radius 1 is 0.750 bits per heavy atom. The van der Waals surface area contributed by atoms with Crippen molar-refractivity contribution in [3.05, 3.63) is 83.6 Å². The fourth-order valence-electron chi connectivity index (χ4n) is 2.31. The molecule has 122 valence electrons. The summed E-state index contributed by atoms with van der Waals surface area (Å²) in [7, 11) is 0. The van der Waals surface area contributed by atoms with Crippen molar-refractivity contribution in [2.45, 2.75) is 19.7 Å². The predicted molar refractivity (Wildman–Crippen MR) is 95.5 cm³/mol. The molecule has 2 aromatic carbocycles. The largest absolute Gasteiger partial charge is 0.390 e.